The fourth-order valence-electron chi connectivity index (χ4n) is 2.89. The van der Waals surface area contributed by atoms with Crippen molar-refractivity contribution in [1.82, 2.24) is 20.1 Å². The number of benzene rings is 1. The van der Waals surface area contributed by atoms with E-state index in [4.69, 9.17) is 0 Å². The summed E-state index contributed by atoms with van der Waals surface area (Å²) in [6, 6.07) is 8.67. The van der Waals surface area contributed by atoms with Crippen molar-refractivity contribution in [3.05, 3.63) is 46.5 Å². The van der Waals surface area contributed by atoms with Crippen molar-refractivity contribution in [3.63, 3.8) is 0 Å². The number of rotatable bonds is 5. The third-order valence-corrected chi connectivity index (χ3v) is 4.64. The number of aromatic nitrogens is 3. The number of hydrogen-bond donors (Lipinski definition) is 1. The van der Waals surface area contributed by atoms with Gasteiger partial charge in [-0.25, -0.2) is 9.67 Å². The average Bonchev–Trinajstić information content (AvgIpc) is 2.81. The normalized spacial score (nSPS) is 17.0. The first-order valence-electron chi connectivity index (χ1n) is 7.42. The second-order valence-electron chi connectivity index (χ2n) is 6.32. The molecule has 4 nitrogen and oxygen atoms in total. The first-order chi connectivity index (χ1) is 10.1. The highest BCUT2D eigenvalue weighted by atomic mass is 79.9. The van der Waals surface area contributed by atoms with Crippen LogP contribution in [0.2, 0.25) is 0 Å². The van der Waals surface area contributed by atoms with Crippen molar-refractivity contribution in [3.8, 4) is 0 Å². The molecule has 0 spiro atoms. The second kappa shape index (κ2) is 5.89. The largest absolute Gasteiger partial charge is 0.315 e. The summed E-state index contributed by atoms with van der Waals surface area (Å²) in [5, 5.41) is 7.80. The first-order valence-corrected chi connectivity index (χ1v) is 8.22. The van der Waals surface area contributed by atoms with Crippen LogP contribution in [0.25, 0.3) is 0 Å². The van der Waals surface area contributed by atoms with Gasteiger partial charge in [0.1, 0.15) is 12.2 Å². The van der Waals surface area contributed by atoms with Crippen LogP contribution in [-0.4, -0.2) is 27.9 Å². The van der Waals surface area contributed by atoms with Crippen LogP contribution in [0.4, 0.5) is 0 Å². The summed E-state index contributed by atoms with van der Waals surface area (Å²) in [4.78, 5) is 4.49. The van der Waals surface area contributed by atoms with E-state index in [-0.39, 0.29) is 5.41 Å². The van der Waals surface area contributed by atoms with Crippen LogP contribution in [0.15, 0.2) is 35.1 Å². The molecule has 1 aliphatic heterocycles. The molecule has 2 aromatic rings. The van der Waals surface area contributed by atoms with Crippen molar-refractivity contribution in [1.29, 1.82) is 0 Å². The zero-order chi connectivity index (χ0) is 14.9. The number of hydrogen-bond acceptors (Lipinski definition) is 3. The lowest BCUT2D eigenvalue weighted by Crippen LogP contribution is -2.58. The van der Waals surface area contributed by atoms with Crippen molar-refractivity contribution in [2.24, 2.45) is 5.92 Å². The standard InChI is InChI=1S/C16H21BrN4/c1-12(2)8-21-15(19-11-20-21)7-16(9-18-10-16)13-3-5-14(17)6-4-13/h3-6,11-12,18H,7-10H2,1-2H3. The zero-order valence-electron chi connectivity index (χ0n) is 12.5. The van der Waals surface area contributed by atoms with Gasteiger partial charge in [-0.05, 0) is 23.6 Å². The summed E-state index contributed by atoms with van der Waals surface area (Å²) in [6.45, 7) is 7.35. The summed E-state index contributed by atoms with van der Waals surface area (Å²) in [5.41, 5.74) is 1.53. The zero-order valence-corrected chi connectivity index (χ0v) is 14.1. The molecule has 1 N–H and O–H groups in total. The van der Waals surface area contributed by atoms with Gasteiger partial charge in [-0.15, -0.1) is 0 Å². The van der Waals surface area contributed by atoms with Crippen LogP contribution in [0.5, 0.6) is 0 Å². The Kier molecular flexibility index (Phi) is 4.13. The minimum atomic E-state index is 0.155. The molecule has 1 aromatic heterocycles. The second-order valence-corrected chi connectivity index (χ2v) is 7.24. The number of halogens is 1. The van der Waals surface area contributed by atoms with Gasteiger partial charge in [-0.2, -0.15) is 5.10 Å². The lowest BCUT2D eigenvalue weighted by Gasteiger charge is -2.43. The molecular formula is C16H21BrN4. The average molecular weight is 349 g/mol. The van der Waals surface area contributed by atoms with E-state index in [0.717, 1.165) is 36.4 Å². The Balaban J connectivity index is 1.84. The van der Waals surface area contributed by atoms with E-state index in [1.807, 2.05) is 0 Å². The third-order valence-electron chi connectivity index (χ3n) is 4.11. The molecule has 0 bridgehead atoms. The maximum absolute atomic E-state index is 4.49. The maximum Gasteiger partial charge on any atom is 0.138 e. The maximum atomic E-state index is 4.49. The topological polar surface area (TPSA) is 42.7 Å². The molecular weight excluding hydrogens is 328 g/mol. The van der Waals surface area contributed by atoms with Gasteiger partial charge in [0.25, 0.3) is 0 Å². The Bertz CT molecular complexity index is 599. The van der Waals surface area contributed by atoms with E-state index in [9.17, 15) is 0 Å². The molecule has 0 amide bonds. The van der Waals surface area contributed by atoms with Crippen LogP contribution in [-0.2, 0) is 18.4 Å². The van der Waals surface area contributed by atoms with Crippen molar-refractivity contribution in [2.45, 2.75) is 32.2 Å². The molecule has 1 aromatic carbocycles. The molecule has 21 heavy (non-hydrogen) atoms. The summed E-state index contributed by atoms with van der Waals surface area (Å²) in [6.07, 6.45) is 2.62. The molecule has 0 atom stereocenters. The molecule has 1 saturated heterocycles. The fourth-order valence-corrected chi connectivity index (χ4v) is 3.15. The van der Waals surface area contributed by atoms with Gasteiger partial charge < -0.3 is 5.32 Å². The Hall–Kier alpha value is -1.20. The van der Waals surface area contributed by atoms with Gasteiger partial charge in [-0.1, -0.05) is 41.9 Å². The highest BCUT2D eigenvalue weighted by molar-refractivity contribution is 9.10. The lowest BCUT2D eigenvalue weighted by molar-refractivity contribution is 0.264. The summed E-state index contributed by atoms with van der Waals surface area (Å²) >= 11 is 3.51. The quantitative estimate of drug-likeness (QED) is 0.903. The van der Waals surface area contributed by atoms with Crippen molar-refractivity contribution in [2.75, 3.05) is 13.1 Å². The predicted molar refractivity (Wildman–Crippen MR) is 87.3 cm³/mol. The minimum absolute atomic E-state index is 0.155. The molecule has 0 saturated carbocycles. The lowest BCUT2D eigenvalue weighted by atomic mass is 9.72. The van der Waals surface area contributed by atoms with Crippen LogP contribution < -0.4 is 5.32 Å². The Morgan fingerprint density at radius 2 is 2.00 bits per heavy atom. The van der Waals surface area contributed by atoms with E-state index in [1.165, 1.54) is 5.56 Å². The van der Waals surface area contributed by atoms with E-state index < -0.39 is 0 Å². The molecule has 3 rings (SSSR count). The van der Waals surface area contributed by atoms with Crippen molar-refractivity contribution < 1.29 is 0 Å². The number of nitrogens with zero attached hydrogens (tertiary/aromatic N) is 3. The summed E-state index contributed by atoms with van der Waals surface area (Å²) in [5.74, 6) is 1.67. The van der Waals surface area contributed by atoms with Crippen LogP contribution >= 0.6 is 15.9 Å². The summed E-state index contributed by atoms with van der Waals surface area (Å²) in [7, 11) is 0. The summed E-state index contributed by atoms with van der Waals surface area (Å²) < 4.78 is 3.18. The minimum Gasteiger partial charge on any atom is -0.315 e. The highest BCUT2D eigenvalue weighted by Crippen LogP contribution is 2.32. The van der Waals surface area contributed by atoms with Gasteiger partial charge in [0, 0.05) is 35.9 Å². The third kappa shape index (κ3) is 3.04. The van der Waals surface area contributed by atoms with E-state index in [0.29, 0.717) is 5.92 Å². The van der Waals surface area contributed by atoms with E-state index in [2.05, 4.69) is 74.1 Å². The Labute approximate surface area is 134 Å². The molecule has 112 valence electrons. The van der Waals surface area contributed by atoms with Gasteiger partial charge in [0.15, 0.2) is 0 Å². The van der Waals surface area contributed by atoms with Gasteiger partial charge in [0.05, 0.1) is 0 Å². The van der Waals surface area contributed by atoms with Crippen LogP contribution in [0.1, 0.15) is 25.2 Å². The molecule has 0 aliphatic carbocycles. The molecule has 0 radical (unpaired) electrons. The van der Waals surface area contributed by atoms with E-state index >= 15 is 0 Å². The predicted octanol–water partition coefficient (Wildman–Crippen LogP) is 2.78. The molecule has 0 unspecified atom stereocenters. The van der Waals surface area contributed by atoms with Gasteiger partial charge in [0.2, 0.25) is 0 Å². The monoisotopic (exact) mass is 348 g/mol. The molecule has 5 heteroatoms. The van der Waals surface area contributed by atoms with Gasteiger partial charge >= 0.3 is 0 Å². The Morgan fingerprint density at radius 1 is 1.29 bits per heavy atom. The number of nitrogens with one attached hydrogen (secondary N) is 1. The van der Waals surface area contributed by atoms with Crippen LogP contribution in [0, 0.1) is 5.92 Å². The Morgan fingerprint density at radius 3 is 2.57 bits per heavy atom. The first kappa shape index (κ1) is 14.7. The molecule has 1 fully saturated rings. The molecule has 2 heterocycles. The van der Waals surface area contributed by atoms with Crippen molar-refractivity contribution >= 4 is 15.9 Å². The smallest absolute Gasteiger partial charge is 0.138 e. The highest BCUT2D eigenvalue weighted by Gasteiger charge is 2.40. The van der Waals surface area contributed by atoms with E-state index in [1.54, 1.807) is 6.33 Å². The van der Waals surface area contributed by atoms with Gasteiger partial charge in [-0.3, -0.25) is 0 Å². The molecule has 1 aliphatic rings. The van der Waals surface area contributed by atoms with Crippen LogP contribution in [0.3, 0.4) is 0 Å². The fraction of sp³-hybridized carbons (Fsp3) is 0.500. The SMILES string of the molecule is CC(C)Cn1ncnc1CC1(c2ccc(Br)cc2)CNC1.